The van der Waals surface area contributed by atoms with E-state index < -0.39 is 15.8 Å². The summed E-state index contributed by atoms with van der Waals surface area (Å²) in [6.45, 7) is 3.75. The fourth-order valence-corrected chi connectivity index (χ4v) is 4.30. The molecule has 0 N–H and O–H groups in total. The van der Waals surface area contributed by atoms with Gasteiger partial charge in [-0.05, 0) is 26.0 Å². The average Bonchev–Trinajstić information content (AvgIpc) is 2.96. The molecule has 2 aromatic rings. The molecule has 0 aliphatic rings. The summed E-state index contributed by atoms with van der Waals surface area (Å²) in [7, 11) is -3.49. The number of hydrogen-bond acceptors (Lipinski definition) is 6. The number of hydrogen-bond donors (Lipinski definition) is 0. The highest BCUT2D eigenvalue weighted by Gasteiger charge is 2.18. The van der Waals surface area contributed by atoms with Gasteiger partial charge in [0.05, 0.1) is 22.6 Å². The van der Waals surface area contributed by atoms with Crippen molar-refractivity contribution in [1.29, 1.82) is 0 Å². The Morgan fingerprint density at radius 2 is 2.04 bits per heavy atom. The zero-order valence-electron chi connectivity index (χ0n) is 12.9. The topological polar surface area (TPSA) is 73.3 Å². The van der Waals surface area contributed by atoms with E-state index in [1.807, 2.05) is 18.2 Å². The number of carbonyl (C=O) groups is 1. The van der Waals surface area contributed by atoms with Crippen molar-refractivity contribution < 1.29 is 17.9 Å². The van der Waals surface area contributed by atoms with E-state index in [1.165, 1.54) is 12.2 Å². The number of carbonyl (C=O) groups excluding carboxylic acids is 1. The van der Waals surface area contributed by atoms with Crippen LogP contribution < -0.4 is 0 Å². The normalized spacial score (nSPS) is 12.9. The second kappa shape index (κ2) is 7.52. The molecule has 0 atom stereocenters. The molecular formula is C16H17NO4S2. The zero-order valence-corrected chi connectivity index (χ0v) is 14.5. The molecule has 122 valence electrons. The zero-order chi connectivity index (χ0) is 16.9. The monoisotopic (exact) mass is 351 g/mol. The molecule has 0 radical (unpaired) electrons. The molecule has 0 unspecified atom stereocenters. The maximum atomic E-state index is 12.3. The first-order chi connectivity index (χ1) is 10.9. The largest absolute Gasteiger partial charge is 0.463 e. The Balaban J connectivity index is 2.11. The number of para-hydroxylation sites is 1. The first-order valence-electron chi connectivity index (χ1n) is 7.02. The summed E-state index contributed by atoms with van der Waals surface area (Å²) in [5.41, 5.74) is 1.35. The van der Waals surface area contributed by atoms with Crippen molar-refractivity contribution in [3.05, 3.63) is 48.1 Å². The minimum Gasteiger partial charge on any atom is -0.463 e. The first-order valence-corrected chi connectivity index (χ1v) is 9.49. The van der Waals surface area contributed by atoms with E-state index in [2.05, 4.69) is 4.98 Å². The van der Waals surface area contributed by atoms with Crippen molar-refractivity contribution in [2.24, 2.45) is 0 Å². The molecule has 0 aliphatic heterocycles. The van der Waals surface area contributed by atoms with Crippen LogP contribution >= 0.6 is 11.3 Å². The minimum absolute atomic E-state index is 0.108. The molecule has 1 heterocycles. The number of benzene rings is 1. The van der Waals surface area contributed by atoms with E-state index in [1.54, 1.807) is 26.0 Å². The third kappa shape index (κ3) is 4.74. The van der Waals surface area contributed by atoms with E-state index in [-0.39, 0.29) is 10.1 Å². The van der Waals surface area contributed by atoms with Crippen molar-refractivity contribution in [1.82, 2.24) is 4.98 Å². The number of nitrogens with zero attached hydrogens (tertiary/aromatic N) is 1. The molecule has 0 bridgehead atoms. The van der Waals surface area contributed by atoms with Gasteiger partial charge in [0.1, 0.15) is 0 Å². The van der Waals surface area contributed by atoms with Crippen LogP contribution in [0.15, 0.2) is 52.4 Å². The van der Waals surface area contributed by atoms with Gasteiger partial charge >= 0.3 is 5.97 Å². The number of allylic oxidation sites excluding steroid dienone is 2. The van der Waals surface area contributed by atoms with Crippen LogP contribution in [0.2, 0.25) is 0 Å². The first kappa shape index (κ1) is 17.4. The summed E-state index contributed by atoms with van der Waals surface area (Å²) in [5.74, 6) is -0.611. The quantitative estimate of drug-likeness (QED) is 0.454. The van der Waals surface area contributed by atoms with Gasteiger partial charge in [0, 0.05) is 6.08 Å². The van der Waals surface area contributed by atoms with Crippen LogP contribution in [-0.4, -0.2) is 31.7 Å². The predicted octanol–water partition coefficient (Wildman–Crippen LogP) is 3.14. The molecule has 0 saturated heterocycles. The highest BCUT2D eigenvalue weighted by Crippen LogP contribution is 2.25. The van der Waals surface area contributed by atoms with E-state index >= 15 is 0 Å². The number of fused-ring (bicyclic) bond motifs is 1. The van der Waals surface area contributed by atoms with Gasteiger partial charge in [-0.2, -0.15) is 0 Å². The molecule has 5 nitrogen and oxygen atoms in total. The number of aromatic nitrogens is 1. The van der Waals surface area contributed by atoms with Gasteiger partial charge in [0.25, 0.3) is 0 Å². The highest BCUT2D eigenvalue weighted by molar-refractivity contribution is 7.93. The lowest BCUT2D eigenvalue weighted by Gasteiger charge is -1.97. The number of ether oxygens (including phenoxy) is 1. The number of esters is 1. The molecule has 1 aromatic heterocycles. The van der Waals surface area contributed by atoms with Crippen LogP contribution in [0.25, 0.3) is 10.2 Å². The van der Waals surface area contributed by atoms with Crippen molar-refractivity contribution in [3.8, 4) is 0 Å². The Kier molecular flexibility index (Phi) is 5.68. The Morgan fingerprint density at radius 3 is 2.74 bits per heavy atom. The van der Waals surface area contributed by atoms with Crippen molar-refractivity contribution >= 4 is 37.4 Å². The van der Waals surface area contributed by atoms with Crippen LogP contribution in [0.1, 0.15) is 13.8 Å². The van der Waals surface area contributed by atoms with Gasteiger partial charge in [-0.1, -0.05) is 29.9 Å². The summed E-state index contributed by atoms with van der Waals surface area (Å²) >= 11 is 1.16. The van der Waals surface area contributed by atoms with E-state index in [0.717, 1.165) is 16.0 Å². The lowest BCUT2D eigenvalue weighted by atomic mass is 10.3. The lowest BCUT2D eigenvalue weighted by molar-refractivity contribution is -0.137. The fraction of sp³-hybridized carbons (Fsp3) is 0.250. The fourth-order valence-electron chi connectivity index (χ4n) is 1.75. The Hall–Kier alpha value is -1.99. The minimum atomic E-state index is -3.49. The van der Waals surface area contributed by atoms with Gasteiger partial charge in [-0.3, -0.25) is 0 Å². The second-order valence-electron chi connectivity index (χ2n) is 4.76. The van der Waals surface area contributed by atoms with Crippen molar-refractivity contribution in [2.45, 2.75) is 18.2 Å². The maximum Gasteiger partial charge on any atom is 0.330 e. The Bertz CT molecular complexity index is 830. The second-order valence-corrected chi connectivity index (χ2v) is 8.00. The molecule has 0 saturated carbocycles. The van der Waals surface area contributed by atoms with Gasteiger partial charge in [-0.25, -0.2) is 18.2 Å². The van der Waals surface area contributed by atoms with Crippen LogP contribution in [0.5, 0.6) is 0 Å². The Labute approximate surface area is 139 Å². The molecule has 2 rings (SSSR count). The van der Waals surface area contributed by atoms with Crippen LogP contribution in [0.3, 0.4) is 0 Å². The van der Waals surface area contributed by atoms with Crippen molar-refractivity contribution in [2.75, 3.05) is 12.4 Å². The third-order valence-corrected chi connectivity index (χ3v) is 6.01. The maximum absolute atomic E-state index is 12.3. The molecule has 0 aliphatic carbocycles. The Morgan fingerprint density at radius 1 is 1.30 bits per heavy atom. The molecular weight excluding hydrogens is 334 g/mol. The molecule has 0 amide bonds. The highest BCUT2D eigenvalue weighted by atomic mass is 32.2. The predicted molar refractivity (Wildman–Crippen MR) is 91.2 cm³/mol. The number of rotatable bonds is 6. The van der Waals surface area contributed by atoms with Crippen LogP contribution in [0, 0.1) is 0 Å². The average molecular weight is 351 g/mol. The van der Waals surface area contributed by atoms with E-state index in [4.69, 9.17) is 4.74 Å². The molecule has 7 heteroatoms. The van der Waals surface area contributed by atoms with E-state index in [0.29, 0.717) is 17.7 Å². The number of thiazole rings is 1. The lowest BCUT2D eigenvalue weighted by Crippen LogP contribution is -2.04. The van der Waals surface area contributed by atoms with Gasteiger partial charge in [0.2, 0.25) is 14.2 Å². The van der Waals surface area contributed by atoms with Crippen molar-refractivity contribution in [3.63, 3.8) is 0 Å². The molecule has 1 aromatic carbocycles. The van der Waals surface area contributed by atoms with Gasteiger partial charge in [-0.15, -0.1) is 11.3 Å². The summed E-state index contributed by atoms with van der Waals surface area (Å²) in [5, 5.41) is 0. The summed E-state index contributed by atoms with van der Waals surface area (Å²) in [4.78, 5) is 15.4. The van der Waals surface area contributed by atoms with E-state index in [9.17, 15) is 13.2 Å². The SMILES string of the molecule is CCOC(=O)/C=C/C(C)=C/CS(=O)(=O)c1nc2ccccc2s1. The van der Waals surface area contributed by atoms with Gasteiger partial charge < -0.3 is 4.74 Å². The van der Waals surface area contributed by atoms with Crippen LogP contribution in [-0.2, 0) is 19.4 Å². The van der Waals surface area contributed by atoms with Crippen LogP contribution in [0.4, 0.5) is 0 Å². The summed E-state index contributed by atoms with van der Waals surface area (Å²) in [6.07, 6.45) is 4.36. The molecule has 0 fully saturated rings. The van der Waals surface area contributed by atoms with Gasteiger partial charge in [0.15, 0.2) is 0 Å². The smallest absolute Gasteiger partial charge is 0.330 e. The standard InChI is InChI=1S/C16H17NO4S2/c1-3-21-15(18)9-8-12(2)10-11-23(19,20)16-17-13-6-4-5-7-14(13)22-16/h4-10H,3,11H2,1-2H3/b9-8+,12-10+. The molecule has 23 heavy (non-hydrogen) atoms. The summed E-state index contributed by atoms with van der Waals surface area (Å²) < 4.78 is 30.4. The summed E-state index contributed by atoms with van der Waals surface area (Å²) in [6, 6.07) is 7.30. The molecule has 0 spiro atoms. The third-order valence-electron chi connectivity index (χ3n) is 2.93. The number of sulfone groups is 1.